The quantitative estimate of drug-likeness (QED) is 0.452. The number of rotatable bonds is 11. The summed E-state index contributed by atoms with van der Waals surface area (Å²) < 4.78 is 15.6. The summed E-state index contributed by atoms with van der Waals surface area (Å²) in [5, 5.41) is 0. The molecule has 0 aliphatic heterocycles. The Labute approximate surface area is 133 Å². The molecule has 4 heteroatoms. The molecule has 0 aliphatic carbocycles. The first kappa shape index (κ1) is 18.5. The van der Waals surface area contributed by atoms with E-state index in [-0.39, 0.29) is 0 Å². The summed E-state index contributed by atoms with van der Waals surface area (Å²) in [6, 6.07) is 7.39. The lowest BCUT2D eigenvalue weighted by Gasteiger charge is -2.13. The van der Waals surface area contributed by atoms with Gasteiger partial charge in [0.2, 0.25) is 0 Å². The average Bonchev–Trinajstić information content (AvgIpc) is 2.55. The van der Waals surface area contributed by atoms with Crippen molar-refractivity contribution in [1.82, 2.24) is 0 Å². The Morgan fingerprint density at radius 2 is 1.64 bits per heavy atom. The molecule has 0 amide bonds. The summed E-state index contributed by atoms with van der Waals surface area (Å²) >= 11 is 0. The van der Waals surface area contributed by atoms with Gasteiger partial charge in [0.25, 0.3) is 0 Å². The monoisotopic (exact) mass is 308 g/mol. The van der Waals surface area contributed by atoms with Crippen molar-refractivity contribution in [3.63, 3.8) is 0 Å². The second kappa shape index (κ2) is 11.1. The van der Waals surface area contributed by atoms with Crippen molar-refractivity contribution >= 4 is 5.97 Å². The third-order valence-corrected chi connectivity index (χ3v) is 3.60. The second-order valence-corrected chi connectivity index (χ2v) is 5.32. The lowest BCUT2D eigenvalue weighted by molar-refractivity contribution is -0.152. The number of unbranched alkanes of at least 4 members (excludes halogenated alkanes) is 5. The first-order chi connectivity index (χ1) is 10.7. The number of esters is 1. The molecule has 1 rings (SSSR count). The summed E-state index contributed by atoms with van der Waals surface area (Å²) in [6.07, 6.45) is 6.81. The highest BCUT2D eigenvalue weighted by atomic mass is 16.6. The molecular formula is C18H28O4. The maximum absolute atomic E-state index is 11.6. The Hall–Kier alpha value is -1.55. The van der Waals surface area contributed by atoms with Gasteiger partial charge in [-0.05, 0) is 24.1 Å². The SMILES string of the molecule is CCCCCCCCOc1ccc(C(OC)C(=O)OC)cc1. The summed E-state index contributed by atoms with van der Waals surface area (Å²) in [7, 11) is 2.84. The third-order valence-electron chi connectivity index (χ3n) is 3.60. The fourth-order valence-corrected chi connectivity index (χ4v) is 2.29. The largest absolute Gasteiger partial charge is 0.494 e. The van der Waals surface area contributed by atoms with Crippen molar-refractivity contribution in [3.05, 3.63) is 29.8 Å². The molecule has 0 radical (unpaired) electrons. The summed E-state index contributed by atoms with van der Waals surface area (Å²) in [5.41, 5.74) is 0.765. The topological polar surface area (TPSA) is 44.8 Å². The molecule has 1 atom stereocenters. The maximum Gasteiger partial charge on any atom is 0.339 e. The predicted molar refractivity (Wildman–Crippen MR) is 87.1 cm³/mol. The van der Waals surface area contributed by atoms with E-state index >= 15 is 0 Å². The van der Waals surface area contributed by atoms with Gasteiger partial charge >= 0.3 is 5.97 Å². The Bertz CT molecular complexity index is 414. The summed E-state index contributed by atoms with van der Waals surface area (Å²) in [5.74, 6) is 0.417. The van der Waals surface area contributed by atoms with Gasteiger partial charge in [-0.1, -0.05) is 51.2 Å². The van der Waals surface area contributed by atoms with Crippen LogP contribution in [-0.2, 0) is 14.3 Å². The molecule has 0 saturated carbocycles. The van der Waals surface area contributed by atoms with Crippen LogP contribution >= 0.6 is 0 Å². The number of methoxy groups -OCH3 is 2. The lowest BCUT2D eigenvalue weighted by atomic mass is 10.1. The van der Waals surface area contributed by atoms with Gasteiger partial charge in [0.05, 0.1) is 13.7 Å². The van der Waals surface area contributed by atoms with Crippen LogP contribution in [0.4, 0.5) is 0 Å². The molecule has 0 heterocycles. The Balaban J connectivity index is 2.34. The minimum atomic E-state index is -0.683. The molecular weight excluding hydrogens is 280 g/mol. The number of ether oxygens (including phenoxy) is 3. The average molecular weight is 308 g/mol. The molecule has 0 saturated heterocycles. The van der Waals surface area contributed by atoms with Crippen molar-refractivity contribution in [3.8, 4) is 5.75 Å². The first-order valence-corrected chi connectivity index (χ1v) is 8.06. The molecule has 0 spiro atoms. The Morgan fingerprint density at radius 1 is 1.00 bits per heavy atom. The fraction of sp³-hybridized carbons (Fsp3) is 0.611. The minimum Gasteiger partial charge on any atom is -0.494 e. The Kier molecular flexibility index (Phi) is 9.31. The van der Waals surface area contributed by atoms with Gasteiger partial charge < -0.3 is 14.2 Å². The highest BCUT2D eigenvalue weighted by Gasteiger charge is 2.20. The van der Waals surface area contributed by atoms with Crippen molar-refractivity contribution in [1.29, 1.82) is 0 Å². The molecule has 4 nitrogen and oxygen atoms in total. The van der Waals surface area contributed by atoms with E-state index in [2.05, 4.69) is 6.92 Å². The van der Waals surface area contributed by atoms with Crippen molar-refractivity contribution < 1.29 is 19.0 Å². The third kappa shape index (κ3) is 6.48. The van der Waals surface area contributed by atoms with E-state index in [1.807, 2.05) is 24.3 Å². The first-order valence-electron chi connectivity index (χ1n) is 8.06. The molecule has 1 unspecified atom stereocenters. The van der Waals surface area contributed by atoms with E-state index < -0.39 is 12.1 Å². The van der Waals surface area contributed by atoms with Crippen LogP contribution in [0.15, 0.2) is 24.3 Å². The number of carbonyl (C=O) groups is 1. The van der Waals surface area contributed by atoms with Gasteiger partial charge in [0.15, 0.2) is 6.10 Å². The predicted octanol–water partition coefficient (Wildman–Crippen LogP) is 4.29. The van der Waals surface area contributed by atoms with Gasteiger partial charge in [0.1, 0.15) is 5.75 Å². The molecule has 1 aromatic rings. The highest BCUT2D eigenvalue weighted by Crippen LogP contribution is 2.21. The standard InChI is InChI=1S/C18H28O4/c1-4-5-6-7-8-9-14-22-16-12-10-15(11-13-16)17(20-2)18(19)21-3/h10-13,17H,4-9,14H2,1-3H3. The van der Waals surface area contributed by atoms with Gasteiger partial charge in [0, 0.05) is 7.11 Å². The van der Waals surface area contributed by atoms with E-state index in [9.17, 15) is 4.79 Å². The van der Waals surface area contributed by atoms with Crippen LogP contribution in [0, 0.1) is 0 Å². The van der Waals surface area contributed by atoms with Crippen molar-refractivity contribution in [2.75, 3.05) is 20.8 Å². The van der Waals surface area contributed by atoms with Gasteiger partial charge in [-0.3, -0.25) is 0 Å². The van der Waals surface area contributed by atoms with E-state index in [1.54, 1.807) is 0 Å². The molecule has 0 fully saturated rings. The molecule has 1 aromatic carbocycles. The van der Waals surface area contributed by atoms with E-state index in [0.717, 1.165) is 24.3 Å². The molecule has 0 N–H and O–H groups in total. The number of hydrogen-bond acceptors (Lipinski definition) is 4. The molecule has 124 valence electrons. The number of hydrogen-bond donors (Lipinski definition) is 0. The van der Waals surface area contributed by atoms with Crippen LogP contribution in [0.1, 0.15) is 57.1 Å². The van der Waals surface area contributed by atoms with Crippen molar-refractivity contribution in [2.24, 2.45) is 0 Å². The highest BCUT2D eigenvalue weighted by molar-refractivity contribution is 5.76. The van der Waals surface area contributed by atoms with Crippen molar-refractivity contribution in [2.45, 2.75) is 51.6 Å². The molecule has 22 heavy (non-hydrogen) atoms. The zero-order valence-electron chi connectivity index (χ0n) is 14.0. The van der Waals surface area contributed by atoms with Crippen LogP contribution in [0.25, 0.3) is 0 Å². The van der Waals surface area contributed by atoms with Crippen LogP contribution in [0.5, 0.6) is 5.75 Å². The normalized spacial score (nSPS) is 12.0. The number of carbonyl (C=O) groups excluding carboxylic acids is 1. The fourth-order valence-electron chi connectivity index (χ4n) is 2.29. The minimum absolute atomic E-state index is 0.400. The van der Waals surface area contributed by atoms with E-state index in [0.29, 0.717) is 0 Å². The lowest BCUT2D eigenvalue weighted by Crippen LogP contribution is -2.15. The van der Waals surface area contributed by atoms with Crippen LogP contribution in [-0.4, -0.2) is 26.8 Å². The maximum atomic E-state index is 11.6. The van der Waals surface area contributed by atoms with Crippen LogP contribution < -0.4 is 4.74 Å². The van der Waals surface area contributed by atoms with Gasteiger partial charge in [-0.2, -0.15) is 0 Å². The smallest absolute Gasteiger partial charge is 0.339 e. The van der Waals surface area contributed by atoms with Gasteiger partial charge in [-0.25, -0.2) is 4.79 Å². The zero-order valence-corrected chi connectivity index (χ0v) is 14.0. The molecule has 0 aromatic heterocycles. The Morgan fingerprint density at radius 3 is 2.23 bits per heavy atom. The molecule has 0 aliphatic rings. The number of benzene rings is 1. The van der Waals surface area contributed by atoms with Crippen LogP contribution in [0.3, 0.4) is 0 Å². The summed E-state index contributed by atoms with van der Waals surface area (Å²) in [6.45, 7) is 2.96. The second-order valence-electron chi connectivity index (χ2n) is 5.32. The molecule has 0 bridgehead atoms. The zero-order chi connectivity index (χ0) is 16.2. The summed E-state index contributed by atoms with van der Waals surface area (Å²) in [4.78, 5) is 11.6. The van der Waals surface area contributed by atoms with E-state index in [4.69, 9.17) is 14.2 Å². The van der Waals surface area contributed by atoms with E-state index in [1.165, 1.54) is 46.3 Å². The van der Waals surface area contributed by atoms with Gasteiger partial charge in [-0.15, -0.1) is 0 Å². The van der Waals surface area contributed by atoms with Crippen LogP contribution in [0.2, 0.25) is 0 Å².